The van der Waals surface area contributed by atoms with E-state index < -0.39 is 5.54 Å². The van der Waals surface area contributed by atoms with E-state index in [4.69, 9.17) is 14.8 Å². The summed E-state index contributed by atoms with van der Waals surface area (Å²) in [6.45, 7) is 14.2. The number of pyridine rings is 1. The van der Waals surface area contributed by atoms with Crippen LogP contribution in [0, 0.1) is 0 Å². The fraction of sp³-hybridized carbons (Fsp3) is 0.542. The van der Waals surface area contributed by atoms with Crippen molar-refractivity contribution < 1.29 is 14.1 Å². The van der Waals surface area contributed by atoms with Crippen molar-refractivity contribution in [2.75, 3.05) is 37.7 Å². The molecule has 0 aliphatic carbocycles. The van der Waals surface area contributed by atoms with E-state index in [1.165, 1.54) is 0 Å². The van der Waals surface area contributed by atoms with E-state index in [9.17, 15) is 4.79 Å². The Kier molecular flexibility index (Phi) is 5.75. The fourth-order valence-corrected chi connectivity index (χ4v) is 4.68. The molecule has 3 aliphatic rings. The fourth-order valence-electron chi connectivity index (χ4n) is 4.68. The Bertz CT molecular complexity index is 943. The second-order valence-electron chi connectivity index (χ2n) is 9.42. The smallest absolute Gasteiger partial charge is 0.253 e. The Morgan fingerprint density at radius 2 is 2.00 bits per heavy atom. The number of ether oxygens (including phenoxy) is 1. The Labute approximate surface area is 185 Å². The molecule has 0 saturated carbocycles. The predicted molar refractivity (Wildman–Crippen MR) is 123 cm³/mol. The topological polar surface area (TPSA) is 66.8 Å². The number of aromatic nitrogens is 1. The largest absolute Gasteiger partial charge is 0.378 e. The van der Waals surface area contributed by atoms with Crippen molar-refractivity contribution in [2.45, 2.75) is 52.6 Å². The molecule has 0 bridgehead atoms. The molecule has 1 N–H and O–H groups in total. The van der Waals surface area contributed by atoms with E-state index in [1.807, 2.05) is 19.2 Å². The van der Waals surface area contributed by atoms with E-state index >= 15 is 0 Å². The van der Waals surface area contributed by atoms with Gasteiger partial charge >= 0.3 is 0 Å². The van der Waals surface area contributed by atoms with Gasteiger partial charge in [-0.1, -0.05) is 16.7 Å². The number of quaternary nitrogens is 1. The summed E-state index contributed by atoms with van der Waals surface area (Å²) in [7, 11) is 0. The lowest BCUT2D eigenvalue weighted by molar-refractivity contribution is -0.900. The van der Waals surface area contributed by atoms with Gasteiger partial charge in [-0.2, -0.15) is 4.59 Å². The van der Waals surface area contributed by atoms with Gasteiger partial charge in [0.2, 0.25) is 0 Å². The summed E-state index contributed by atoms with van der Waals surface area (Å²) in [5, 5.41) is 8.11. The molecule has 7 nitrogen and oxygen atoms in total. The van der Waals surface area contributed by atoms with Gasteiger partial charge in [0.1, 0.15) is 24.6 Å². The summed E-state index contributed by atoms with van der Waals surface area (Å²) < 4.78 is 5.87. The number of anilines is 1. The minimum atomic E-state index is -0.468. The van der Waals surface area contributed by atoms with Crippen molar-refractivity contribution in [1.29, 1.82) is 0 Å². The van der Waals surface area contributed by atoms with Gasteiger partial charge in [-0.05, 0) is 52.7 Å². The zero-order valence-corrected chi connectivity index (χ0v) is 19.3. The zero-order valence-electron chi connectivity index (χ0n) is 19.3. The number of nitrogens with one attached hydrogen (secondary N) is 1. The number of carbonyl (C=O) groups excluding carboxylic acids is 1. The Morgan fingerprint density at radius 1 is 1.26 bits per heavy atom. The maximum absolute atomic E-state index is 13.2. The van der Waals surface area contributed by atoms with Crippen molar-refractivity contribution in [2.24, 2.45) is 5.10 Å². The summed E-state index contributed by atoms with van der Waals surface area (Å²) in [6.07, 6.45) is 6.82. The maximum Gasteiger partial charge on any atom is 0.253 e. The summed E-state index contributed by atoms with van der Waals surface area (Å²) >= 11 is 0. The molecule has 1 fully saturated rings. The van der Waals surface area contributed by atoms with Crippen LogP contribution >= 0.6 is 0 Å². The van der Waals surface area contributed by atoms with Gasteiger partial charge in [-0.3, -0.25) is 4.79 Å². The molecular weight excluding hydrogens is 390 g/mol. The van der Waals surface area contributed by atoms with Gasteiger partial charge in [0.05, 0.1) is 30.0 Å². The van der Waals surface area contributed by atoms with Crippen molar-refractivity contribution >= 4 is 17.4 Å². The summed E-state index contributed by atoms with van der Waals surface area (Å²) in [5.74, 6) is 0.956. The Morgan fingerprint density at radius 3 is 2.55 bits per heavy atom. The number of hydrogen-bond acceptors (Lipinski definition) is 5. The van der Waals surface area contributed by atoms with Crippen LogP contribution in [0.25, 0.3) is 0 Å². The van der Waals surface area contributed by atoms with Crippen LogP contribution < -0.4 is 10.2 Å². The molecule has 1 amide bonds. The molecule has 1 aromatic heterocycles. The average Bonchev–Trinajstić information content (AvgIpc) is 3.13. The molecule has 0 spiro atoms. The molecule has 4 rings (SSSR count). The van der Waals surface area contributed by atoms with Crippen LogP contribution in [-0.2, 0) is 15.1 Å². The first-order valence-electron chi connectivity index (χ1n) is 11.2. The lowest BCUT2D eigenvalue weighted by Crippen LogP contribution is -2.52. The lowest BCUT2D eigenvalue weighted by atomic mass is 9.81. The first-order valence-corrected chi connectivity index (χ1v) is 11.2. The first kappa shape index (κ1) is 21.7. The third-order valence-corrected chi connectivity index (χ3v) is 6.74. The molecule has 31 heavy (non-hydrogen) atoms. The number of amides is 1. The van der Waals surface area contributed by atoms with Crippen LogP contribution in [0.5, 0.6) is 0 Å². The quantitative estimate of drug-likeness (QED) is 0.738. The molecule has 166 valence electrons. The van der Waals surface area contributed by atoms with Gasteiger partial charge < -0.3 is 15.0 Å². The van der Waals surface area contributed by atoms with Gasteiger partial charge in [0.15, 0.2) is 0 Å². The number of morpholine rings is 1. The Hall–Kier alpha value is -2.51. The minimum absolute atomic E-state index is 0.00481. The number of rotatable bonds is 5. The highest BCUT2D eigenvalue weighted by Gasteiger charge is 2.41. The van der Waals surface area contributed by atoms with Crippen LogP contribution in [0.4, 0.5) is 5.82 Å². The standard InChI is InChI=1S/C24H33N5O2/c1-17(2)29(11-8-19(4)27-29)16-21-18(3)14-24(5,26-23(21)30)20-6-7-22(25-15-20)28-9-12-31-13-10-28/h6-8,11,15,17H,9-10,12-14,16H2,1-5H3/p+1. The summed E-state index contributed by atoms with van der Waals surface area (Å²) in [5.41, 5.74) is 3.52. The van der Waals surface area contributed by atoms with E-state index in [1.54, 1.807) is 0 Å². The minimum Gasteiger partial charge on any atom is -0.378 e. The molecule has 0 aromatic carbocycles. The molecule has 1 saturated heterocycles. The molecule has 4 heterocycles. The van der Waals surface area contributed by atoms with Crippen LogP contribution in [0.3, 0.4) is 0 Å². The van der Waals surface area contributed by atoms with Gasteiger partial charge in [-0.25, -0.2) is 4.98 Å². The van der Waals surface area contributed by atoms with Gasteiger partial charge in [0.25, 0.3) is 5.91 Å². The number of hydrogen-bond donors (Lipinski definition) is 1. The van der Waals surface area contributed by atoms with E-state index in [2.05, 4.69) is 56.2 Å². The van der Waals surface area contributed by atoms with Crippen molar-refractivity contribution in [1.82, 2.24) is 10.3 Å². The summed E-state index contributed by atoms with van der Waals surface area (Å²) in [4.78, 5) is 20.2. The monoisotopic (exact) mass is 424 g/mol. The zero-order chi connectivity index (χ0) is 22.2. The lowest BCUT2D eigenvalue weighted by Gasteiger charge is -2.39. The normalized spacial score (nSPS) is 28.9. The van der Waals surface area contributed by atoms with Gasteiger partial charge in [-0.15, -0.1) is 0 Å². The molecule has 0 radical (unpaired) electrons. The van der Waals surface area contributed by atoms with Crippen LogP contribution in [0.2, 0.25) is 0 Å². The maximum atomic E-state index is 13.2. The van der Waals surface area contributed by atoms with E-state index in [-0.39, 0.29) is 11.9 Å². The van der Waals surface area contributed by atoms with Crippen LogP contribution in [0.1, 0.15) is 46.6 Å². The van der Waals surface area contributed by atoms with E-state index in [0.717, 1.165) is 61.0 Å². The Balaban J connectivity index is 1.55. The van der Waals surface area contributed by atoms with Crippen LogP contribution in [0.15, 0.2) is 46.9 Å². The molecule has 2 unspecified atom stereocenters. The third kappa shape index (κ3) is 4.16. The number of carbonyl (C=O) groups is 1. The first-order chi connectivity index (χ1) is 14.7. The van der Waals surface area contributed by atoms with Gasteiger partial charge in [0, 0.05) is 25.4 Å². The molecule has 1 aromatic rings. The third-order valence-electron chi connectivity index (χ3n) is 6.74. The summed E-state index contributed by atoms with van der Waals surface area (Å²) in [6, 6.07) is 4.40. The molecule has 7 heteroatoms. The predicted octanol–water partition coefficient (Wildman–Crippen LogP) is 3.10. The highest BCUT2D eigenvalue weighted by Crippen LogP contribution is 2.35. The number of nitrogens with zero attached hydrogens (tertiary/aromatic N) is 4. The molecule has 3 aliphatic heterocycles. The molecular formula is C24H34N5O2+. The average molecular weight is 425 g/mol. The molecule has 2 atom stereocenters. The van der Waals surface area contributed by atoms with Crippen molar-refractivity contribution in [3.05, 3.63) is 47.3 Å². The van der Waals surface area contributed by atoms with Crippen molar-refractivity contribution in [3.8, 4) is 0 Å². The second-order valence-corrected chi connectivity index (χ2v) is 9.42. The van der Waals surface area contributed by atoms with Crippen molar-refractivity contribution in [3.63, 3.8) is 0 Å². The van der Waals surface area contributed by atoms with Crippen LogP contribution in [-0.4, -0.2) is 60.1 Å². The van der Waals surface area contributed by atoms with E-state index in [0.29, 0.717) is 11.1 Å². The highest BCUT2D eigenvalue weighted by molar-refractivity contribution is 5.96. The SMILES string of the molecule is CC1=N[N+](CC2=C(C)CC(C)(c3ccc(N4CCOCC4)nc3)NC2=O)(C(C)C)C=C1. The number of allylic oxidation sites excluding steroid dienone is 1. The second kappa shape index (κ2) is 8.20. The highest BCUT2D eigenvalue weighted by atomic mass is 16.5.